The zero-order valence-corrected chi connectivity index (χ0v) is 31.4. The highest BCUT2D eigenvalue weighted by Gasteiger charge is 2.39. The Morgan fingerprint density at radius 1 is 0.600 bits per heavy atom. The highest BCUT2D eigenvalue weighted by molar-refractivity contribution is 6.60. The number of hydrogen-bond donors (Lipinski definition) is 0. The van der Waals surface area contributed by atoms with Crippen LogP contribution in [0.3, 0.4) is 0 Å². The van der Waals surface area contributed by atoms with Crippen LogP contribution in [0.15, 0.2) is 0 Å². The second kappa shape index (κ2) is 27.1. The first kappa shape index (κ1) is 40.5. The summed E-state index contributed by atoms with van der Waals surface area (Å²) in [5, 5.41) is 0. The maximum Gasteiger partial charge on any atom is 0.500 e. The molecule has 4 radical (unpaired) electrons. The average Bonchev–Trinajstić information content (AvgIpc) is 2.94. The molecule has 0 unspecified atom stereocenters. The van der Waals surface area contributed by atoms with Crippen molar-refractivity contribution in [2.75, 3.05) is 75.4 Å². The molecule has 0 fully saturated rings. The molecule has 0 atom stereocenters. The second-order valence-corrected chi connectivity index (χ2v) is 18.2. The molecule has 0 aromatic heterocycles. The first-order valence-corrected chi connectivity index (χ1v) is 21.6. The van der Waals surface area contributed by atoms with E-state index in [0.717, 1.165) is 60.0 Å². The number of hydrogen-bond acceptors (Lipinski definition) is 9. The Morgan fingerprint density at radius 2 is 1.00 bits per heavy atom. The molecule has 0 aliphatic rings. The van der Waals surface area contributed by atoms with Gasteiger partial charge < -0.3 is 31.0 Å². The van der Waals surface area contributed by atoms with E-state index in [1.807, 2.05) is 20.8 Å². The van der Waals surface area contributed by atoms with Crippen LogP contribution in [0.1, 0.15) is 72.1 Å². The molecule has 0 bridgehead atoms. The lowest BCUT2D eigenvalue weighted by Gasteiger charge is -2.36. The van der Waals surface area contributed by atoms with Gasteiger partial charge in [-0.05, 0) is 79.3 Å². The maximum atomic E-state index is 5.99. The van der Waals surface area contributed by atoms with E-state index >= 15 is 0 Å². The second-order valence-electron chi connectivity index (χ2n) is 9.91. The van der Waals surface area contributed by atoms with Crippen molar-refractivity contribution in [3.63, 3.8) is 0 Å². The van der Waals surface area contributed by atoms with Crippen LogP contribution in [0, 0.1) is 0 Å². The van der Waals surface area contributed by atoms with Gasteiger partial charge in [-0.2, -0.15) is 0 Å². The highest BCUT2D eigenvalue weighted by Crippen LogP contribution is 2.21. The van der Waals surface area contributed by atoms with Crippen LogP contribution in [0.5, 0.6) is 0 Å². The Hall–Kier alpha value is 0.508. The normalized spacial score (nSPS) is 12.8. The molecule has 0 aliphatic carbocycles. The van der Waals surface area contributed by atoms with E-state index in [4.69, 9.17) is 31.0 Å². The summed E-state index contributed by atoms with van der Waals surface area (Å²) in [7, 11) is 7.74. The van der Waals surface area contributed by atoms with E-state index in [0.29, 0.717) is 25.6 Å². The summed E-state index contributed by atoms with van der Waals surface area (Å²) in [6, 6.07) is 4.24. The quantitative estimate of drug-likeness (QED) is 0.0615. The molecule has 40 heavy (non-hydrogen) atoms. The van der Waals surface area contributed by atoms with E-state index in [9.17, 15) is 0 Å². The fourth-order valence-corrected chi connectivity index (χ4v) is 11.1. The molecule has 0 aromatic carbocycles. The molecule has 0 N–H and O–H groups in total. The molecular weight excluding hydrogens is 577 g/mol. The standard InChI is InChI=1S/C27H62N2O7Si4/c1-10-34-40(35-11-2,36-12-3)26-18-16-14-13-15-17-23-37-27(28(4)21-19-24-38(30-6)31-7)29(5)22-20-25-39(32-8)33-9/h27H,10-26H2,1-9H3. The van der Waals surface area contributed by atoms with Gasteiger partial charge in [0.05, 0.1) is 9.52 Å². The summed E-state index contributed by atoms with van der Waals surface area (Å²) in [4.78, 5) is 5.07. The third-order valence-corrected chi connectivity index (χ3v) is 15.2. The predicted octanol–water partition coefficient (Wildman–Crippen LogP) is 4.99. The Balaban J connectivity index is 4.54. The zero-order valence-electron chi connectivity index (χ0n) is 27.4. The van der Waals surface area contributed by atoms with E-state index in [-0.39, 0.29) is 0 Å². The van der Waals surface area contributed by atoms with Gasteiger partial charge in [0.1, 0.15) is 0 Å². The van der Waals surface area contributed by atoms with Crippen LogP contribution in [-0.2, 0) is 31.0 Å². The van der Waals surface area contributed by atoms with Crippen molar-refractivity contribution >= 4 is 36.9 Å². The number of unbranched alkanes of at least 4 members (excludes halogenated alkanes) is 5. The zero-order chi connectivity index (χ0) is 30.1. The van der Waals surface area contributed by atoms with Crippen molar-refractivity contribution < 1.29 is 31.0 Å². The summed E-state index contributed by atoms with van der Waals surface area (Å²) in [6.07, 6.45) is 9.71. The van der Waals surface area contributed by atoms with Crippen molar-refractivity contribution in [2.24, 2.45) is 0 Å². The molecule has 13 heteroatoms. The molecule has 0 aliphatic heterocycles. The largest absolute Gasteiger partial charge is 0.500 e. The number of rotatable bonds is 30. The third-order valence-electron chi connectivity index (χ3n) is 6.86. The van der Waals surface area contributed by atoms with E-state index in [1.165, 1.54) is 38.1 Å². The minimum absolute atomic E-state index is 0.468. The van der Waals surface area contributed by atoms with Gasteiger partial charge in [-0.15, -0.1) is 0 Å². The van der Waals surface area contributed by atoms with Gasteiger partial charge in [-0.3, -0.25) is 9.80 Å². The fourth-order valence-electron chi connectivity index (χ4n) is 4.82. The van der Waals surface area contributed by atoms with Crippen molar-refractivity contribution in [1.82, 2.24) is 9.80 Å². The van der Waals surface area contributed by atoms with E-state index in [2.05, 4.69) is 23.9 Å². The van der Waals surface area contributed by atoms with Crippen molar-refractivity contribution in [1.29, 1.82) is 0 Å². The predicted molar refractivity (Wildman–Crippen MR) is 171 cm³/mol. The Bertz CT molecular complexity index is 512. The molecule has 0 amide bonds. The third kappa shape index (κ3) is 18.9. The molecule has 0 spiro atoms. The van der Waals surface area contributed by atoms with Crippen LogP contribution in [-0.4, -0.2) is 128 Å². The van der Waals surface area contributed by atoms with Gasteiger partial charge in [0, 0.05) is 60.1 Å². The molecule has 0 rings (SSSR count). The maximum absolute atomic E-state index is 5.99. The molecular formula is C27H62N2O7Si4. The average molecular weight is 639 g/mol. The van der Waals surface area contributed by atoms with Gasteiger partial charge in [0.2, 0.25) is 0 Å². The molecule has 0 heterocycles. The minimum atomic E-state index is -2.49. The monoisotopic (exact) mass is 638 g/mol. The van der Waals surface area contributed by atoms with Gasteiger partial charge in [0.15, 0.2) is 0 Å². The summed E-state index contributed by atoms with van der Waals surface area (Å²) in [6.45, 7) is 10.2. The van der Waals surface area contributed by atoms with Crippen LogP contribution in [0.2, 0.25) is 24.2 Å². The Kier molecular flexibility index (Phi) is 27.4. The Morgan fingerprint density at radius 3 is 1.40 bits per heavy atom. The molecule has 238 valence electrons. The SMILES string of the molecule is CCO[Si](CCCCCCCC[Si]C(N(C)CCC[Si](OC)OC)N(C)CCC[Si](OC)OC)(OCC)OCC. The lowest BCUT2D eigenvalue weighted by molar-refractivity contribution is 0.0706. The first-order valence-electron chi connectivity index (χ1n) is 15.3. The number of nitrogens with zero attached hydrogens (tertiary/aromatic N) is 2. The summed E-state index contributed by atoms with van der Waals surface area (Å²) < 4.78 is 39.9. The van der Waals surface area contributed by atoms with Gasteiger partial charge in [-0.25, -0.2) is 0 Å². The first-order chi connectivity index (χ1) is 19.4. The van der Waals surface area contributed by atoms with Crippen LogP contribution >= 0.6 is 0 Å². The summed E-state index contributed by atoms with van der Waals surface area (Å²) in [5.74, 6) is 0.468. The summed E-state index contributed by atoms with van der Waals surface area (Å²) >= 11 is 0. The molecule has 0 saturated carbocycles. The fraction of sp³-hybridized carbons (Fsp3) is 1.00. The molecule has 0 saturated heterocycles. The van der Waals surface area contributed by atoms with E-state index in [1.54, 1.807) is 28.4 Å². The van der Waals surface area contributed by atoms with Gasteiger partial charge in [0.25, 0.3) is 0 Å². The minimum Gasteiger partial charge on any atom is -0.397 e. The van der Waals surface area contributed by atoms with Crippen molar-refractivity contribution in [3.8, 4) is 0 Å². The van der Waals surface area contributed by atoms with Crippen molar-refractivity contribution in [3.05, 3.63) is 0 Å². The van der Waals surface area contributed by atoms with Gasteiger partial charge in [-0.1, -0.05) is 38.1 Å². The van der Waals surface area contributed by atoms with Crippen molar-refractivity contribution in [2.45, 2.75) is 102 Å². The van der Waals surface area contributed by atoms with Crippen LogP contribution in [0.25, 0.3) is 0 Å². The Labute approximate surface area is 254 Å². The van der Waals surface area contributed by atoms with Crippen LogP contribution in [0.4, 0.5) is 0 Å². The van der Waals surface area contributed by atoms with Crippen LogP contribution < -0.4 is 0 Å². The summed E-state index contributed by atoms with van der Waals surface area (Å²) in [5.41, 5.74) is 0. The highest BCUT2D eigenvalue weighted by atomic mass is 28.4. The topological polar surface area (TPSA) is 71.1 Å². The molecule has 0 aromatic rings. The lowest BCUT2D eigenvalue weighted by Crippen LogP contribution is -2.49. The smallest absolute Gasteiger partial charge is 0.397 e. The van der Waals surface area contributed by atoms with Gasteiger partial charge >= 0.3 is 27.4 Å². The molecule has 9 nitrogen and oxygen atoms in total. The lowest BCUT2D eigenvalue weighted by atomic mass is 10.1. The van der Waals surface area contributed by atoms with E-state index < -0.39 is 27.4 Å².